The molecule has 0 bridgehead atoms. The van der Waals surface area contributed by atoms with Gasteiger partial charge in [-0.15, -0.1) is 0 Å². The van der Waals surface area contributed by atoms with Gasteiger partial charge in [-0.1, -0.05) is 72.8 Å². The monoisotopic (exact) mass is 329 g/mol. The second kappa shape index (κ2) is 7.80. The fraction of sp³-hybridized carbons (Fsp3) is 0.174. The summed E-state index contributed by atoms with van der Waals surface area (Å²) < 4.78 is 0. The van der Waals surface area contributed by atoms with Crippen LogP contribution in [0.3, 0.4) is 0 Å². The number of hydrogen-bond acceptors (Lipinski definition) is 1. The molecule has 0 aliphatic rings. The molecule has 0 saturated carbocycles. The molecule has 0 unspecified atom stereocenters. The zero-order valence-electron chi connectivity index (χ0n) is 14.8. The third kappa shape index (κ3) is 3.63. The van der Waals surface area contributed by atoms with Crippen molar-refractivity contribution in [2.75, 3.05) is 13.1 Å². The molecule has 1 amide bonds. The molecule has 3 rings (SSSR count). The molecule has 2 nitrogen and oxygen atoms in total. The fourth-order valence-corrected chi connectivity index (χ4v) is 3.09. The van der Waals surface area contributed by atoms with Gasteiger partial charge in [0.15, 0.2) is 0 Å². The highest BCUT2D eigenvalue weighted by atomic mass is 16.2. The topological polar surface area (TPSA) is 20.3 Å². The minimum absolute atomic E-state index is 0.0865. The lowest BCUT2D eigenvalue weighted by atomic mass is 9.97. The van der Waals surface area contributed by atoms with Crippen molar-refractivity contribution in [2.45, 2.75) is 13.8 Å². The van der Waals surface area contributed by atoms with E-state index in [1.54, 1.807) is 0 Å². The summed E-state index contributed by atoms with van der Waals surface area (Å²) in [5, 5.41) is 2.25. The Morgan fingerprint density at radius 3 is 2.24 bits per heavy atom. The van der Waals surface area contributed by atoms with Crippen LogP contribution in [0.1, 0.15) is 35.3 Å². The van der Waals surface area contributed by atoms with Crippen molar-refractivity contribution in [3.05, 3.63) is 83.4 Å². The Morgan fingerprint density at radius 2 is 1.52 bits per heavy atom. The average molecular weight is 329 g/mol. The molecule has 0 saturated heterocycles. The molecule has 0 aliphatic heterocycles. The van der Waals surface area contributed by atoms with Gasteiger partial charge in [0.1, 0.15) is 0 Å². The summed E-state index contributed by atoms with van der Waals surface area (Å²) in [6.45, 7) is 5.46. The predicted octanol–water partition coefficient (Wildman–Crippen LogP) is 5.49. The number of benzene rings is 3. The summed E-state index contributed by atoms with van der Waals surface area (Å²) in [7, 11) is 0. The Hall–Kier alpha value is -2.87. The van der Waals surface area contributed by atoms with E-state index in [4.69, 9.17) is 0 Å². The first-order chi connectivity index (χ1) is 12.2. The Kier molecular flexibility index (Phi) is 5.30. The summed E-state index contributed by atoms with van der Waals surface area (Å²) in [5.74, 6) is 0.0865. The Morgan fingerprint density at radius 1 is 0.840 bits per heavy atom. The van der Waals surface area contributed by atoms with Crippen LogP contribution in [0.25, 0.3) is 22.9 Å². The molecule has 3 aromatic carbocycles. The molecule has 0 aliphatic carbocycles. The van der Waals surface area contributed by atoms with Gasteiger partial charge in [-0.2, -0.15) is 0 Å². The Bertz CT molecular complexity index is 892. The van der Waals surface area contributed by atoms with Crippen LogP contribution >= 0.6 is 0 Å². The summed E-state index contributed by atoms with van der Waals surface area (Å²) in [6.07, 6.45) is 4.13. The van der Waals surface area contributed by atoms with Crippen LogP contribution < -0.4 is 0 Å². The highest BCUT2D eigenvalue weighted by Crippen LogP contribution is 2.26. The van der Waals surface area contributed by atoms with Crippen molar-refractivity contribution in [2.24, 2.45) is 0 Å². The average Bonchev–Trinajstić information content (AvgIpc) is 2.67. The number of amides is 1. The van der Waals surface area contributed by atoms with E-state index in [2.05, 4.69) is 36.4 Å². The molecule has 0 heterocycles. The van der Waals surface area contributed by atoms with E-state index < -0.39 is 0 Å². The van der Waals surface area contributed by atoms with Crippen LogP contribution in [-0.4, -0.2) is 23.9 Å². The number of fused-ring (bicyclic) bond motifs is 1. The minimum atomic E-state index is 0.0865. The zero-order valence-corrected chi connectivity index (χ0v) is 14.8. The number of carbonyl (C=O) groups is 1. The fourth-order valence-electron chi connectivity index (χ4n) is 3.09. The van der Waals surface area contributed by atoms with Crippen molar-refractivity contribution in [3.63, 3.8) is 0 Å². The summed E-state index contributed by atoms with van der Waals surface area (Å²) in [5.41, 5.74) is 2.87. The SMILES string of the molecule is CCN(CC)C(=O)c1ccc2ccccc2c1C=Cc1ccccc1. The van der Waals surface area contributed by atoms with Gasteiger partial charge in [-0.05, 0) is 41.8 Å². The van der Waals surface area contributed by atoms with Gasteiger partial charge in [-0.25, -0.2) is 0 Å². The van der Waals surface area contributed by atoms with Crippen LogP contribution in [-0.2, 0) is 0 Å². The van der Waals surface area contributed by atoms with E-state index in [1.165, 1.54) is 0 Å². The van der Waals surface area contributed by atoms with Gasteiger partial charge in [0.25, 0.3) is 5.91 Å². The predicted molar refractivity (Wildman–Crippen MR) is 107 cm³/mol. The highest BCUT2D eigenvalue weighted by molar-refractivity contribution is 6.06. The molecule has 3 aromatic rings. The van der Waals surface area contributed by atoms with Crippen LogP contribution in [0.15, 0.2) is 66.7 Å². The highest BCUT2D eigenvalue weighted by Gasteiger charge is 2.17. The third-order valence-electron chi connectivity index (χ3n) is 4.49. The number of rotatable bonds is 5. The van der Waals surface area contributed by atoms with Crippen molar-refractivity contribution in [3.8, 4) is 0 Å². The number of carbonyl (C=O) groups excluding carboxylic acids is 1. The van der Waals surface area contributed by atoms with Crippen molar-refractivity contribution < 1.29 is 4.79 Å². The van der Waals surface area contributed by atoms with E-state index in [1.807, 2.05) is 61.2 Å². The van der Waals surface area contributed by atoms with E-state index in [-0.39, 0.29) is 5.91 Å². The van der Waals surface area contributed by atoms with Crippen LogP contribution in [0.4, 0.5) is 0 Å². The van der Waals surface area contributed by atoms with Crippen LogP contribution in [0.5, 0.6) is 0 Å². The second-order valence-corrected chi connectivity index (χ2v) is 5.97. The lowest BCUT2D eigenvalue weighted by Gasteiger charge is -2.20. The van der Waals surface area contributed by atoms with Gasteiger partial charge in [0.2, 0.25) is 0 Å². The minimum Gasteiger partial charge on any atom is -0.339 e. The lowest BCUT2D eigenvalue weighted by molar-refractivity contribution is 0.0773. The Labute approximate surface area is 149 Å². The standard InChI is InChI=1S/C23H23NO/c1-3-24(4-2)23(25)22-17-15-19-12-8-9-13-20(19)21(22)16-14-18-10-6-5-7-11-18/h5-17H,3-4H2,1-2H3. The molecule has 2 heteroatoms. The maximum Gasteiger partial charge on any atom is 0.254 e. The van der Waals surface area contributed by atoms with E-state index in [9.17, 15) is 4.79 Å². The molecule has 0 aromatic heterocycles. The third-order valence-corrected chi connectivity index (χ3v) is 4.49. The molecule has 0 spiro atoms. The van der Waals surface area contributed by atoms with Crippen LogP contribution in [0.2, 0.25) is 0 Å². The summed E-state index contributed by atoms with van der Waals surface area (Å²) >= 11 is 0. The number of hydrogen-bond donors (Lipinski definition) is 0. The Balaban J connectivity index is 2.13. The first-order valence-corrected chi connectivity index (χ1v) is 8.78. The van der Waals surface area contributed by atoms with E-state index in [0.717, 1.165) is 27.5 Å². The summed E-state index contributed by atoms with van der Waals surface area (Å²) in [6, 6.07) is 22.4. The van der Waals surface area contributed by atoms with Gasteiger partial charge >= 0.3 is 0 Å². The molecule has 126 valence electrons. The molecule has 0 radical (unpaired) electrons. The molecule has 0 N–H and O–H groups in total. The molecule has 0 fully saturated rings. The lowest BCUT2D eigenvalue weighted by Crippen LogP contribution is -2.31. The largest absolute Gasteiger partial charge is 0.339 e. The molecular formula is C23H23NO. The van der Waals surface area contributed by atoms with E-state index in [0.29, 0.717) is 13.1 Å². The first-order valence-electron chi connectivity index (χ1n) is 8.78. The first kappa shape index (κ1) is 17.0. The van der Waals surface area contributed by atoms with Crippen LogP contribution in [0, 0.1) is 0 Å². The normalized spacial score (nSPS) is 11.1. The molecular weight excluding hydrogens is 306 g/mol. The van der Waals surface area contributed by atoms with Crippen molar-refractivity contribution >= 4 is 28.8 Å². The van der Waals surface area contributed by atoms with E-state index >= 15 is 0 Å². The maximum absolute atomic E-state index is 13.0. The smallest absolute Gasteiger partial charge is 0.254 e. The molecule has 25 heavy (non-hydrogen) atoms. The van der Waals surface area contributed by atoms with Gasteiger partial charge in [0, 0.05) is 18.7 Å². The maximum atomic E-state index is 13.0. The summed E-state index contributed by atoms with van der Waals surface area (Å²) in [4.78, 5) is 14.8. The quantitative estimate of drug-likeness (QED) is 0.567. The molecule has 0 atom stereocenters. The van der Waals surface area contributed by atoms with Gasteiger partial charge in [0.05, 0.1) is 0 Å². The zero-order chi connectivity index (χ0) is 17.6. The van der Waals surface area contributed by atoms with Gasteiger partial charge in [-0.3, -0.25) is 4.79 Å². The van der Waals surface area contributed by atoms with Gasteiger partial charge < -0.3 is 4.90 Å². The number of nitrogens with zero attached hydrogens (tertiary/aromatic N) is 1. The van der Waals surface area contributed by atoms with Crippen molar-refractivity contribution in [1.29, 1.82) is 0 Å². The second-order valence-electron chi connectivity index (χ2n) is 5.97. The van der Waals surface area contributed by atoms with Crippen molar-refractivity contribution in [1.82, 2.24) is 4.90 Å².